The number of piperidine rings is 1. The van der Waals surface area contributed by atoms with Crippen LogP contribution in [0, 0.1) is 12.8 Å². The lowest BCUT2D eigenvalue weighted by atomic mass is 10.00. The predicted octanol–water partition coefficient (Wildman–Crippen LogP) is 2.27. The van der Waals surface area contributed by atoms with Gasteiger partial charge in [0.2, 0.25) is 10.0 Å². The molecule has 1 atom stereocenters. The lowest BCUT2D eigenvalue weighted by Gasteiger charge is -2.32. The standard InChI is InChI=1S/C14H21ClN2O2S/c1-11-5-6-14(13(15)8-11)20(18,19)17-7-3-4-12(10-17)9-16-2/h5-6,8,12,16H,3-4,7,9-10H2,1-2H3/t12-/m0/s1. The Kier molecular flexibility index (Phi) is 5.07. The summed E-state index contributed by atoms with van der Waals surface area (Å²) < 4.78 is 26.9. The van der Waals surface area contributed by atoms with E-state index < -0.39 is 10.0 Å². The molecule has 1 fully saturated rings. The fourth-order valence-corrected chi connectivity index (χ4v) is 4.78. The van der Waals surface area contributed by atoms with Crippen molar-refractivity contribution < 1.29 is 8.42 Å². The molecule has 6 heteroatoms. The van der Waals surface area contributed by atoms with Crippen molar-refractivity contribution >= 4 is 21.6 Å². The van der Waals surface area contributed by atoms with Crippen molar-refractivity contribution in [1.82, 2.24) is 9.62 Å². The molecule has 1 aliphatic heterocycles. The zero-order valence-corrected chi connectivity index (χ0v) is 13.5. The number of nitrogens with zero attached hydrogens (tertiary/aromatic N) is 1. The first-order valence-corrected chi connectivity index (χ1v) is 8.68. The van der Waals surface area contributed by atoms with Crippen LogP contribution in [0.25, 0.3) is 0 Å². The van der Waals surface area contributed by atoms with Crippen molar-refractivity contribution in [2.24, 2.45) is 5.92 Å². The lowest BCUT2D eigenvalue weighted by Crippen LogP contribution is -2.42. The van der Waals surface area contributed by atoms with Crippen LogP contribution >= 0.6 is 11.6 Å². The number of hydrogen-bond acceptors (Lipinski definition) is 3. The van der Waals surface area contributed by atoms with Crippen molar-refractivity contribution in [3.8, 4) is 0 Å². The molecule has 0 amide bonds. The second-order valence-corrected chi connectivity index (χ2v) is 7.68. The highest BCUT2D eigenvalue weighted by Gasteiger charge is 2.31. The van der Waals surface area contributed by atoms with E-state index in [2.05, 4.69) is 5.32 Å². The first kappa shape index (κ1) is 15.8. The van der Waals surface area contributed by atoms with Gasteiger partial charge in [-0.05, 0) is 57.0 Å². The van der Waals surface area contributed by atoms with E-state index in [1.165, 1.54) is 0 Å². The van der Waals surface area contributed by atoms with Gasteiger partial charge in [-0.15, -0.1) is 0 Å². The molecule has 1 N–H and O–H groups in total. The van der Waals surface area contributed by atoms with Gasteiger partial charge in [0.25, 0.3) is 0 Å². The van der Waals surface area contributed by atoms with E-state index in [1.54, 1.807) is 22.5 Å². The average molecular weight is 317 g/mol. The van der Waals surface area contributed by atoms with Crippen LogP contribution in [0.4, 0.5) is 0 Å². The Labute approximate surface area is 126 Å². The summed E-state index contributed by atoms with van der Waals surface area (Å²) in [7, 11) is -1.59. The molecule has 0 spiro atoms. The van der Waals surface area contributed by atoms with Crippen LogP contribution in [0.5, 0.6) is 0 Å². The molecule has 0 aliphatic carbocycles. The highest BCUT2D eigenvalue weighted by molar-refractivity contribution is 7.89. The lowest BCUT2D eigenvalue weighted by molar-refractivity contribution is 0.263. The SMILES string of the molecule is CNC[C@@H]1CCCN(S(=O)(=O)c2ccc(C)cc2Cl)C1. The van der Waals surface area contributed by atoms with Crippen molar-refractivity contribution in [2.45, 2.75) is 24.7 Å². The zero-order chi connectivity index (χ0) is 14.8. The molecule has 1 aromatic carbocycles. The first-order valence-electron chi connectivity index (χ1n) is 6.86. The Balaban J connectivity index is 2.25. The molecule has 0 aromatic heterocycles. The molecule has 20 heavy (non-hydrogen) atoms. The third-order valence-electron chi connectivity index (χ3n) is 3.68. The minimum atomic E-state index is -3.49. The molecule has 2 rings (SSSR count). The van der Waals surface area contributed by atoms with Gasteiger partial charge in [0.1, 0.15) is 4.90 Å². The monoisotopic (exact) mass is 316 g/mol. The average Bonchev–Trinajstić information content (AvgIpc) is 2.39. The summed E-state index contributed by atoms with van der Waals surface area (Å²) in [5.74, 6) is 0.368. The minimum absolute atomic E-state index is 0.217. The number of nitrogens with one attached hydrogen (secondary N) is 1. The highest BCUT2D eigenvalue weighted by atomic mass is 35.5. The number of hydrogen-bond donors (Lipinski definition) is 1. The maximum Gasteiger partial charge on any atom is 0.244 e. The van der Waals surface area contributed by atoms with E-state index in [0.29, 0.717) is 24.0 Å². The summed E-state index contributed by atoms with van der Waals surface area (Å²) in [6.07, 6.45) is 1.96. The fraction of sp³-hybridized carbons (Fsp3) is 0.571. The maximum absolute atomic E-state index is 12.7. The Morgan fingerprint density at radius 2 is 2.20 bits per heavy atom. The Bertz CT molecular complexity index is 573. The second kappa shape index (κ2) is 6.43. The van der Waals surface area contributed by atoms with Gasteiger partial charge in [0.05, 0.1) is 5.02 Å². The zero-order valence-electron chi connectivity index (χ0n) is 11.9. The molecule has 0 unspecified atom stereocenters. The topological polar surface area (TPSA) is 49.4 Å². The van der Waals surface area contributed by atoms with E-state index in [-0.39, 0.29) is 4.90 Å². The summed E-state index contributed by atoms with van der Waals surface area (Å²) >= 11 is 6.11. The van der Waals surface area contributed by atoms with Crippen molar-refractivity contribution in [3.63, 3.8) is 0 Å². The van der Waals surface area contributed by atoms with Gasteiger partial charge in [-0.2, -0.15) is 4.31 Å². The molecule has 0 saturated carbocycles. The van der Waals surface area contributed by atoms with Crippen LogP contribution in [-0.2, 0) is 10.0 Å². The molecular weight excluding hydrogens is 296 g/mol. The Hall–Kier alpha value is -0.620. The van der Waals surface area contributed by atoms with Gasteiger partial charge in [-0.1, -0.05) is 17.7 Å². The Morgan fingerprint density at radius 1 is 1.45 bits per heavy atom. The second-order valence-electron chi connectivity index (χ2n) is 5.36. The van der Waals surface area contributed by atoms with Crippen molar-refractivity contribution in [2.75, 3.05) is 26.7 Å². The first-order chi connectivity index (χ1) is 9.45. The van der Waals surface area contributed by atoms with E-state index in [0.717, 1.165) is 24.9 Å². The van der Waals surface area contributed by atoms with Crippen LogP contribution in [0.15, 0.2) is 23.1 Å². The van der Waals surface area contributed by atoms with Gasteiger partial charge < -0.3 is 5.32 Å². The fourth-order valence-electron chi connectivity index (χ4n) is 2.65. The summed E-state index contributed by atoms with van der Waals surface area (Å²) in [5.41, 5.74) is 0.959. The summed E-state index contributed by atoms with van der Waals surface area (Å²) in [5, 5.41) is 3.43. The minimum Gasteiger partial charge on any atom is -0.319 e. The molecule has 1 heterocycles. The summed E-state index contributed by atoms with van der Waals surface area (Å²) in [6.45, 7) is 3.87. The van der Waals surface area contributed by atoms with Gasteiger partial charge in [0, 0.05) is 13.1 Å². The van der Waals surface area contributed by atoms with Crippen LogP contribution < -0.4 is 5.32 Å². The molecule has 0 radical (unpaired) electrons. The van der Waals surface area contributed by atoms with Gasteiger partial charge >= 0.3 is 0 Å². The molecule has 1 saturated heterocycles. The Morgan fingerprint density at radius 3 is 2.85 bits per heavy atom. The number of aryl methyl sites for hydroxylation is 1. The molecule has 4 nitrogen and oxygen atoms in total. The van der Waals surface area contributed by atoms with Crippen LogP contribution in [0.2, 0.25) is 5.02 Å². The number of rotatable bonds is 4. The van der Waals surface area contributed by atoms with E-state index in [4.69, 9.17) is 11.6 Å². The maximum atomic E-state index is 12.7. The third kappa shape index (κ3) is 3.34. The van der Waals surface area contributed by atoms with E-state index >= 15 is 0 Å². The van der Waals surface area contributed by atoms with Gasteiger partial charge in [0.15, 0.2) is 0 Å². The summed E-state index contributed by atoms with van der Waals surface area (Å²) in [6, 6.07) is 5.09. The van der Waals surface area contributed by atoms with Crippen LogP contribution in [0.1, 0.15) is 18.4 Å². The van der Waals surface area contributed by atoms with E-state index in [1.807, 2.05) is 14.0 Å². The van der Waals surface area contributed by atoms with Crippen molar-refractivity contribution in [1.29, 1.82) is 0 Å². The van der Waals surface area contributed by atoms with Gasteiger partial charge in [-0.25, -0.2) is 8.42 Å². The molecule has 1 aliphatic rings. The van der Waals surface area contributed by atoms with Crippen LogP contribution in [0.3, 0.4) is 0 Å². The quantitative estimate of drug-likeness (QED) is 0.927. The third-order valence-corrected chi connectivity index (χ3v) is 6.03. The van der Waals surface area contributed by atoms with E-state index in [9.17, 15) is 8.42 Å². The highest BCUT2D eigenvalue weighted by Crippen LogP contribution is 2.28. The molecular formula is C14H21ClN2O2S. The van der Waals surface area contributed by atoms with Gasteiger partial charge in [-0.3, -0.25) is 0 Å². The predicted molar refractivity (Wildman–Crippen MR) is 81.6 cm³/mol. The number of sulfonamides is 1. The normalized spacial score (nSPS) is 21.1. The smallest absolute Gasteiger partial charge is 0.244 e. The summed E-state index contributed by atoms with van der Waals surface area (Å²) in [4.78, 5) is 0.217. The number of halogens is 1. The van der Waals surface area contributed by atoms with Crippen LogP contribution in [-0.4, -0.2) is 39.4 Å². The molecule has 112 valence electrons. The molecule has 1 aromatic rings. The molecule has 0 bridgehead atoms. The number of benzene rings is 1. The van der Waals surface area contributed by atoms with Crippen molar-refractivity contribution in [3.05, 3.63) is 28.8 Å². The largest absolute Gasteiger partial charge is 0.319 e.